The maximum absolute atomic E-state index is 10.0. The second-order valence-electron chi connectivity index (χ2n) is 4.79. The van der Waals surface area contributed by atoms with Crippen molar-refractivity contribution >= 4 is 11.3 Å². The Labute approximate surface area is 98.8 Å². The van der Waals surface area contributed by atoms with Crippen LogP contribution in [-0.2, 0) is 5.41 Å². The molecule has 0 aliphatic heterocycles. The summed E-state index contributed by atoms with van der Waals surface area (Å²) in [4.78, 5) is 4.46. The minimum absolute atomic E-state index is 0.0268. The van der Waals surface area contributed by atoms with Gasteiger partial charge in [-0.05, 0) is 6.07 Å². The van der Waals surface area contributed by atoms with E-state index in [1.165, 1.54) is 0 Å². The lowest BCUT2D eigenvalue weighted by molar-refractivity contribution is 0.214. The van der Waals surface area contributed by atoms with Crippen molar-refractivity contribution in [2.24, 2.45) is 0 Å². The van der Waals surface area contributed by atoms with E-state index in [1.807, 2.05) is 5.38 Å². The lowest BCUT2D eigenvalue weighted by atomic mass is 9.98. The summed E-state index contributed by atoms with van der Waals surface area (Å²) in [6.45, 7) is 6.33. The topological polar surface area (TPSA) is 46.3 Å². The van der Waals surface area contributed by atoms with Gasteiger partial charge in [-0.1, -0.05) is 20.8 Å². The summed E-state index contributed by atoms with van der Waals surface area (Å²) in [5, 5.41) is 13.0. The van der Waals surface area contributed by atoms with Crippen LogP contribution < -0.4 is 0 Å². The number of hydrogen-bond acceptors (Lipinski definition) is 4. The average molecular weight is 237 g/mol. The summed E-state index contributed by atoms with van der Waals surface area (Å²) < 4.78 is 4.95. The van der Waals surface area contributed by atoms with Crippen molar-refractivity contribution in [3.63, 3.8) is 0 Å². The van der Waals surface area contributed by atoms with E-state index in [0.29, 0.717) is 5.69 Å². The van der Waals surface area contributed by atoms with Gasteiger partial charge in [0.15, 0.2) is 0 Å². The maximum Gasteiger partial charge on any atom is 0.125 e. The molecule has 0 saturated heterocycles. The molecule has 0 aromatic carbocycles. The van der Waals surface area contributed by atoms with Gasteiger partial charge < -0.3 is 9.52 Å². The summed E-state index contributed by atoms with van der Waals surface area (Å²) >= 11 is 1.58. The lowest BCUT2D eigenvalue weighted by Gasteiger charge is -2.13. The van der Waals surface area contributed by atoms with Crippen molar-refractivity contribution in [1.29, 1.82) is 0 Å². The molecule has 1 unspecified atom stereocenters. The van der Waals surface area contributed by atoms with Gasteiger partial charge in [-0.2, -0.15) is 0 Å². The van der Waals surface area contributed by atoms with Gasteiger partial charge in [-0.15, -0.1) is 11.3 Å². The Morgan fingerprint density at radius 3 is 2.69 bits per heavy atom. The fourth-order valence-electron chi connectivity index (χ4n) is 1.36. The lowest BCUT2D eigenvalue weighted by Crippen LogP contribution is -2.11. The summed E-state index contributed by atoms with van der Waals surface area (Å²) in [5.74, 6) is 0. The molecule has 0 amide bonds. The molecule has 4 heteroatoms. The van der Waals surface area contributed by atoms with Crippen LogP contribution in [0.25, 0.3) is 0 Å². The van der Waals surface area contributed by atoms with Crippen LogP contribution in [0.3, 0.4) is 0 Å². The molecule has 2 rings (SSSR count). The van der Waals surface area contributed by atoms with Crippen LogP contribution in [0.1, 0.15) is 43.1 Å². The third-order valence-corrected chi connectivity index (χ3v) is 3.59. The molecule has 86 valence electrons. The molecule has 0 radical (unpaired) electrons. The highest BCUT2D eigenvalue weighted by molar-refractivity contribution is 7.09. The first-order valence-electron chi connectivity index (χ1n) is 5.14. The smallest absolute Gasteiger partial charge is 0.125 e. The highest BCUT2D eigenvalue weighted by Gasteiger charge is 2.21. The van der Waals surface area contributed by atoms with Crippen LogP contribution in [0.2, 0.25) is 0 Å². The van der Waals surface area contributed by atoms with Gasteiger partial charge in [-0.3, -0.25) is 0 Å². The Kier molecular flexibility index (Phi) is 2.86. The average Bonchev–Trinajstić information content (AvgIpc) is 2.87. The normalized spacial score (nSPS) is 14.0. The highest BCUT2D eigenvalue weighted by atomic mass is 32.1. The fraction of sp³-hybridized carbons (Fsp3) is 0.417. The molecule has 0 fully saturated rings. The maximum atomic E-state index is 10.0. The fourth-order valence-corrected chi connectivity index (χ4v) is 2.28. The summed E-state index contributed by atoms with van der Waals surface area (Å²) in [5.41, 5.74) is 1.46. The molecular formula is C12H15NO2S. The van der Waals surface area contributed by atoms with E-state index < -0.39 is 6.10 Å². The van der Waals surface area contributed by atoms with Crippen LogP contribution in [0.4, 0.5) is 0 Å². The van der Waals surface area contributed by atoms with E-state index in [1.54, 1.807) is 29.9 Å². The van der Waals surface area contributed by atoms with Crippen LogP contribution in [0.15, 0.2) is 28.4 Å². The second-order valence-corrected chi connectivity index (χ2v) is 5.64. The van der Waals surface area contributed by atoms with Crippen LogP contribution in [-0.4, -0.2) is 10.1 Å². The number of aromatic nitrogens is 1. The van der Waals surface area contributed by atoms with Gasteiger partial charge in [0.05, 0.1) is 23.2 Å². The molecule has 16 heavy (non-hydrogen) atoms. The number of aliphatic hydroxyl groups is 1. The largest absolute Gasteiger partial charge is 0.472 e. The first kappa shape index (κ1) is 11.4. The van der Waals surface area contributed by atoms with Crippen molar-refractivity contribution in [3.05, 3.63) is 40.2 Å². The summed E-state index contributed by atoms with van der Waals surface area (Å²) in [6.07, 6.45) is 2.40. The molecule has 0 bridgehead atoms. The standard InChI is InChI=1S/C12H15NO2S/c1-12(2,3)11-13-9(7-16-11)10(14)8-4-5-15-6-8/h4-7,10,14H,1-3H3. The molecule has 0 aliphatic rings. The molecule has 1 atom stereocenters. The van der Waals surface area contributed by atoms with Crippen molar-refractivity contribution < 1.29 is 9.52 Å². The molecule has 2 aromatic heterocycles. The second kappa shape index (κ2) is 4.03. The first-order valence-corrected chi connectivity index (χ1v) is 6.02. The van der Waals surface area contributed by atoms with Crippen LogP contribution in [0, 0.1) is 0 Å². The number of furan rings is 1. The van der Waals surface area contributed by atoms with E-state index >= 15 is 0 Å². The molecule has 0 aliphatic carbocycles. The van der Waals surface area contributed by atoms with Gasteiger partial charge in [0, 0.05) is 16.4 Å². The van der Waals surface area contributed by atoms with Crippen LogP contribution >= 0.6 is 11.3 Å². The molecule has 2 aromatic rings. The van der Waals surface area contributed by atoms with Gasteiger partial charge in [0.2, 0.25) is 0 Å². The summed E-state index contributed by atoms with van der Waals surface area (Å²) in [7, 11) is 0. The number of nitrogens with zero attached hydrogens (tertiary/aromatic N) is 1. The Morgan fingerprint density at radius 1 is 1.44 bits per heavy atom. The van der Waals surface area contributed by atoms with E-state index in [0.717, 1.165) is 10.6 Å². The molecule has 1 N–H and O–H groups in total. The SMILES string of the molecule is CC(C)(C)c1nc(C(O)c2ccoc2)cs1. The zero-order chi connectivity index (χ0) is 11.8. The summed E-state index contributed by atoms with van der Waals surface area (Å²) in [6, 6.07) is 1.75. The minimum atomic E-state index is -0.689. The minimum Gasteiger partial charge on any atom is -0.472 e. The zero-order valence-corrected chi connectivity index (χ0v) is 10.4. The van der Waals surface area contributed by atoms with Gasteiger partial charge >= 0.3 is 0 Å². The number of aliphatic hydroxyl groups excluding tert-OH is 1. The van der Waals surface area contributed by atoms with Gasteiger partial charge in [0.25, 0.3) is 0 Å². The van der Waals surface area contributed by atoms with E-state index in [4.69, 9.17) is 4.42 Å². The van der Waals surface area contributed by atoms with Gasteiger partial charge in [-0.25, -0.2) is 4.98 Å². The van der Waals surface area contributed by atoms with Gasteiger partial charge in [0.1, 0.15) is 6.10 Å². The van der Waals surface area contributed by atoms with Crippen molar-refractivity contribution in [2.45, 2.75) is 32.3 Å². The Balaban J connectivity index is 2.26. The Hall–Kier alpha value is -1.13. The van der Waals surface area contributed by atoms with E-state index in [2.05, 4.69) is 25.8 Å². The predicted octanol–water partition coefficient (Wildman–Crippen LogP) is 3.12. The number of thiazole rings is 1. The van der Waals surface area contributed by atoms with Crippen molar-refractivity contribution in [1.82, 2.24) is 4.98 Å². The Morgan fingerprint density at radius 2 is 2.19 bits per heavy atom. The highest BCUT2D eigenvalue weighted by Crippen LogP contribution is 2.29. The monoisotopic (exact) mass is 237 g/mol. The first-order chi connectivity index (χ1) is 7.48. The Bertz CT molecular complexity index is 454. The quantitative estimate of drug-likeness (QED) is 0.873. The van der Waals surface area contributed by atoms with Crippen molar-refractivity contribution in [3.8, 4) is 0 Å². The third-order valence-electron chi connectivity index (χ3n) is 2.30. The molecular weight excluding hydrogens is 222 g/mol. The molecule has 0 spiro atoms. The number of rotatable bonds is 2. The van der Waals surface area contributed by atoms with Crippen molar-refractivity contribution in [2.75, 3.05) is 0 Å². The third kappa shape index (κ3) is 2.18. The molecule has 3 nitrogen and oxygen atoms in total. The predicted molar refractivity (Wildman–Crippen MR) is 63.6 cm³/mol. The van der Waals surface area contributed by atoms with E-state index in [9.17, 15) is 5.11 Å². The van der Waals surface area contributed by atoms with Crippen LogP contribution in [0.5, 0.6) is 0 Å². The molecule has 2 heterocycles. The zero-order valence-electron chi connectivity index (χ0n) is 9.60. The number of hydrogen-bond donors (Lipinski definition) is 1. The van der Waals surface area contributed by atoms with E-state index in [-0.39, 0.29) is 5.41 Å². The molecule has 0 saturated carbocycles.